The van der Waals surface area contributed by atoms with Crippen molar-refractivity contribution >= 4 is 46.2 Å². The van der Waals surface area contributed by atoms with Gasteiger partial charge in [0.15, 0.2) is 5.65 Å². The number of ether oxygens (including phenoxy) is 1. The first-order chi connectivity index (χ1) is 20.8. The molecule has 43 heavy (non-hydrogen) atoms. The number of aromatic nitrogens is 4. The van der Waals surface area contributed by atoms with E-state index in [9.17, 15) is 4.79 Å². The van der Waals surface area contributed by atoms with Crippen LogP contribution in [0.2, 0.25) is 0 Å². The minimum atomic E-state index is -0.504. The van der Waals surface area contributed by atoms with E-state index < -0.39 is 5.60 Å². The fourth-order valence-corrected chi connectivity index (χ4v) is 6.90. The number of imidazole rings is 1. The van der Waals surface area contributed by atoms with Crippen LogP contribution in [-0.2, 0) is 4.74 Å². The number of hydrogen-bond donors (Lipinski definition) is 2. The Morgan fingerprint density at radius 3 is 2.28 bits per heavy atom. The number of carbonyl (C=O) groups excluding carboxylic acids is 1. The van der Waals surface area contributed by atoms with Gasteiger partial charge in [0, 0.05) is 36.9 Å². The van der Waals surface area contributed by atoms with Crippen LogP contribution >= 0.6 is 0 Å². The van der Waals surface area contributed by atoms with Crippen molar-refractivity contribution in [3.8, 4) is 0 Å². The first kappa shape index (κ1) is 27.5. The zero-order valence-corrected chi connectivity index (χ0v) is 25.2. The van der Waals surface area contributed by atoms with E-state index in [1.807, 2.05) is 68.3 Å². The van der Waals surface area contributed by atoms with E-state index in [1.165, 1.54) is 12.8 Å². The molecule has 1 saturated carbocycles. The number of para-hydroxylation sites is 3. The number of piperazine rings is 1. The first-order valence-corrected chi connectivity index (χ1v) is 15.5. The average Bonchev–Trinajstić information content (AvgIpc) is 3.69. The molecular formula is C33H40N8O2. The predicted octanol–water partition coefficient (Wildman–Crippen LogP) is 7.02. The molecule has 7 rings (SSSR count). The number of benzene rings is 2. The maximum absolute atomic E-state index is 12.9. The van der Waals surface area contributed by atoms with Gasteiger partial charge >= 0.3 is 6.09 Å². The summed E-state index contributed by atoms with van der Waals surface area (Å²) in [5.74, 6) is 1.35. The van der Waals surface area contributed by atoms with Gasteiger partial charge in [-0.25, -0.2) is 14.8 Å². The van der Waals surface area contributed by atoms with E-state index in [0.717, 1.165) is 59.9 Å². The highest BCUT2D eigenvalue weighted by molar-refractivity contribution is 5.80. The summed E-state index contributed by atoms with van der Waals surface area (Å²) >= 11 is 0. The molecule has 2 atom stereocenters. The Balaban J connectivity index is 1.16. The number of nitrogens with one attached hydrogen (secondary N) is 2. The van der Waals surface area contributed by atoms with Crippen molar-refractivity contribution in [1.29, 1.82) is 0 Å². The second kappa shape index (κ2) is 11.1. The van der Waals surface area contributed by atoms with Gasteiger partial charge in [-0.2, -0.15) is 4.98 Å². The highest BCUT2D eigenvalue weighted by Gasteiger charge is 2.43. The van der Waals surface area contributed by atoms with Crippen molar-refractivity contribution in [3.05, 3.63) is 60.8 Å². The quantitative estimate of drug-likeness (QED) is 0.251. The molecule has 4 heterocycles. The van der Waals surface area contributed by atoms with Crippen LogP contribution in [0.3, 0.4) is 0 Å². The van der Waals surface area contributed by atoms with E-state index in [-0.39, 0.29) is 18.2 Å². The van der Waals surface area contributed by atoms with Crippen LogP contribution in [0, 0.1) is 0 Å². The molecule has 3 fully saturated rings. The number of nitrogens with zero attached hydrogens (tertiary/aromatic N) is 6. The molecule has 4 aromatic rings. The molecule has 2 aromatic carbocycles. The first-order valence-electron chi connectivity index (χ1n) is 15.5. The zero-order valence-electron chi connectivity index (χ0n) is 25.2. The molecule has 0 radical (unpaired) electrons. The number of anilines is 5. The van der Waals surface area contributed by atoms with Gasteiger partial charge < -0.3 is 25.2 Å². The van der Waals surface area contributed by atoms with Crippen LogP contribution in [-0.4, -0.2) is 61.3 Å². The largest absolute Gasteiger partial charge is 0.444 e. The zero-order chi connectivity index (χ0) is 29.6. The summed E-state index contributed by atoms with van der Waals surface area (Å²) in [5, 5.41) is 7.06. The molecule has 2 N–H and O–H groups in total. The lowest BCUT2D eigenvalue weighted by molar-refractivity contribution is 0.0209. The van der Waals surface area contributed by atoms with Crippen molar-refractivity contribution in [2.75, 3.05) is 28.6 Å². The molecule has 2 aromatic heterocycles. The molecule has 0 spiro atoms. The Morgan fingerprint density at radius 1 is 0.860 bits per heavy atom. The lowest BCUT2D eigenvalue weighted by Gasteiger charge is -2.43. The minimum Gasteiger partial charge on any atom is -0.444 e. The van der Waals surface area contributed by atoms with Crippen LogP contribution in [0.4, 0.5) is 33.8 Å². The Labute approximate surface area is 252 Å². The standard InChI is InChI=1S/C33H40N8O2/c1-33(2,3)43-32(42)39-20-24-17-18-25(21-39)40(24)28-16-10-9-15-26(28)36-30-34-19-27-29(38-30)41(23-13-7-8-14-23)31(37-27)35-22-11-5-4-6-12-22/h4-6,9-12,15-16,19,23-25H,7-8,13-14,17-18,20-21H2,1-3H3,(H,35,37)(H,34,36,38). The number of hydrogen-bond acceptors (Lipinski definition) is 8. The molecule has 10 heteroatoms. The summed E-state index contributed by atoms with van der Waals surface area (Å²) < 4.78 is 7.96. The molecule has 224 valence electrons. The molecule has 2 bridgehead atoms. The van der Waals surface area contributed by atoms with E-state index in [0.29, 0.717) is 25.1 Å². The number of likely N-dealkylation sites (tertiary alicyclic amines) is 1. The Bertz CT molecular complexity index is 1590. The molecule has 1 aliphatic carbocycles. The van der Waals surface area contributed by atoms with E-state index in [2.05, 4.69) is 43.3 Å². The molecule has 3 aliphatic rings. The minimum absolute atomic E-state index is 0.225. The molecule has 2 unspecified atom stereocenters. The number of carbonyl (C=O) groups is 1. The predicted molar refractivity (Wildman–Crippen MR) is 169 cm³/mol. The summed E-state index contributed by atoms with van der Waals surface area (Å²) in [7, 11) is 0. The van der Waals surface area contributed by atoms with E-state index in [4.69, 9.17) is 14.7 Å². The monoisotopic (exact) mass is 580 g/mol. The van der Waals surface area contributed by atoms with Gasteiger partial charge in [-0.15, -0.1) is 0 Å². The smallest absolute Gasteiger partial charge is 0.410 e. The van der Waals surface area contributed by atoms with Gasteiger partial charge in [-0.05, 0) is 70.7 Å². The third-order valence-corrected chi connectivity index (χ3v) is 8.72. The van der Waals surface area contributed by atoms with Crippen LogP contribution in [0.15, 0.2) is 60.8 Å². The van der Waals surface area contributed by atoms with Gasteiger partial charge in [0.1, 0.15) is 11.1 Å². The van der Waals surface area contributed by atoms with Crippen LogP contribution in [0.5, 0.6) is 0 Å². The van der Waals surface area contributed by atoms with Gasteiger partial charge in [-0.3, -0.25) is 4.57 Å². The SMILES string of the molecule is CC(C)(C)OC(=O)N1CC2CCC(C1)N2c1ccccc1Nc1ncc2nc(Nc3ccccc3)n(C3CCCC3)c2n1. The van der Waals surface area contributed by atoms with Gasteiger partial charge in [-0.1, -0.05) is 43.2 Å². The van der Waals surface area contributed by atoms with Crippen molar-refractivity contribution in [2.24, 2.45) is 0 Å². The third-order valence-electron chi connectivity index (χ3n) is 8.72. The summed E-state index contributed by atoms with van der Waals surface area (Å²) in [6.07, 6.45) is 8.32. The van der Waals surface area contributed by atoms with Crippen LogP contribution < -0.4 is 15.5 Å². The van der Waals surface area contributed by atoms with Crippen molar-refractivity contribution in [2.45, 2.75) is 83.0 Å². The van der Waals surface area contributed by atoms with Crippen molar-refractivity contribution in [3.63, 3.8) is 0 Å². The number of rotatable bonds is 6. The fraction of sp³-hybridized carbons (Fsp3) is 0.455. The molecule has 10 nitrogen and oxygen atoms in total. The van der Waals surface area contributed by atoms with E-state index >= 15 is 0 Å². The third kappa shape index (κ3) is 5.58. The summed E-state index contributed by atoms with van der Waals surface area (Å²) in [4.78, 5) is 31.9. The van der Waals surface area contributed by atoms with Crippen LogP contribution in [0.25, 0.3) is 11.2 Å². The summed E-state index contributed by atoms with van der Waals surface area (Å²) in [5.41, 5.74) is 4.18. The summed E-state index contributed by atoms with van der Waals surface area (Å²) in [6.45, 7) is 7.05. The summed E-state index contributed by atoms with van der Waals surface area (Å²) in [6, 6.07) is 19.3. The molecule has 2 aliphatic heterocycles. The lowest BCUT2D eigenvalue weighted by atomic mass is 10.1. The lowest BCUT2D eigenvalue weighted by Crippen LogP contribution is -2.56. The maximum Gasteiger partial charge on any atom is 0.410 e. The highest BCUT2D eigenvalue weighted by Crippen LogP contribution is 2.40. The second-order valence-corrected chi connectivity index (χ2v) is 13.0. The maximum atomic E-state index is 12.9. The number of amides is 1. The van der Waals surface area contributed by atoms with Crippen molar-refractivity contribution in [1.82, 2.24) is 24.4 Å². The topological polar surface area (TPSA) is 100 Å². The fourth-order valence-electron chi connectivity index (χ4n) is 6.90. The molecular weight excluding hydrogens is 540 g/mol. The van der Waals surface area contributed by atoms with Crippen LogP contribution in [0.1, 0.15) is 65.3 Å². The van der Waals surface area contributed by atoms with E-state index in [1.54, 1.807) is 0 Å². The normalized spacial score (nSPS) is 20.5. The Kier molecular flexibility index (Phi) is 7.07. The Hall–Kier alpha value is -4.34. The molecule has 1 amide bonds. The average molecular weight is 581 g/mol. The number of fused-ring (bicyclic) bond motifs is 3. The molecule has 2 saturated heterocycles. The Morgan fingerprint density at radius 2 is 1.56 bits per heavy atom. The highest BCUT2D eigenvalue weighted by atomic mass is 16.6. The van der Waals surface area contributed by atoms with Gasteiger partial charge in [0.2, 0.25) is 11.9 Å². The van der Waals surface area contributed by atoms with Gasteiger partial charge in [0.25, 0.3) is 0 Å². The van der Waals surface area contributed by atoms with Crippen molar-refractivity contribution < 1.29 is 9.53 Å². The second-order valence-electron chi connectivity index (χ2n) is 13.0. The van der Waals surface area contributed by atoms with Gasteiger partial charge in [0.05, 0.1) is 17.6 Å².